The molecule has 4 heteroatoms. The third kappa shape index (κ3) is 2.47. The van der Waals surface area contributed by atoms with Crippen LogP contribution in [-0.4, -0.2) is 20.5 Å². The van der Waals surface area contributed by atoms with Gasteiger partial charge in [-0.3, -0.25) is 0 Å². The first-order chi connectivity index (χ1) is 7.65. The van der Waals surface area contributed by atoms with Crippen molar-refractivity contribution in [3.63, 3.8) is 0 Å². The Kier molecular flexibility index (Phi) is 4.62. The van der Waals surface area contributed by atoms with E-state index in [1.54, 1.807) is 20.3 Å². The molecule has 0 aliphatic rings. The summed E-state index contributed by atoms with van der Waals surface area (Å²) < 4.78 is 10.5. The first kappa shape index (κ1) is 12.8. The first-order valence-electron chi connectivity index (χ1n) is 4.99. The largest absolute Gasteiger partial charge is 0.493 e. The minimum Gasteiger partial charge on any atom is -0.493 e. The molecule has 0 saturated carbocycles. The third-order valence-electron chi connectivity index (χ3n) is 2.50. The zero-order chi connectivity index (χ0) is 12.1. The molecule has 1 rings (SSSR count). The molecule has 0 N–H and O–H groups in total. The minimum atomic E-state index is 0.445. The van der Waals surface area contributed by atoms with Gasteiger partial charge in [0.25, 0.3) is 0 Å². The van der Waals surface area contributed by atoms with E-state index in [-0.39, 0.29) is 0 Å². The van der Waals surface area contributed by atoms with Crippen molar-refractivity contribution in [2.24, 2.45) is 0 Å². The average molecular weight is 243 g/mol. The Hall–Kier alpha value is -1.22. The summed E-state index contributed by atoms with van der Waals surface area (Å²) in [5.74, 6) is 1.25. The highest BCUT2D eigenvalue weighted by molar-refractivity contribution is 6.31. The Labute approximate surface area is 100 Å². The summed E-state index contributed by atoms with van der Waals surface area (Å²) in [6.45, 7) is 1.91. The summed E-state index contributed by atoms with van der Waals surface area (Å²) in [5, 5.41) is 0.624. The molecule has 0 radical (unpaired) electrons. The molecule has 0 aliphatic carbocycles. The number of carbonyl (C=O) groups is 1. The summed E-state index contributed by atoms with van der Waals surface area (Å²) in [7, 11) is 3.14. The Bertz CT molecular complexity index is 388. The van der Waals surface area contributed by atoms with Crippen molar-refractivity contribution in [2.45, 2.75) is 19.8 Å². The summed E-state index contributed by atoms with van der Waals surface area (Å²) in [6.07, 6.45) is 1.93. The van der Waals surface area contributed by atoms with Gasteiger partial charge in [-0.2, -0.15) is 0 Å². The second-order valence-corrected chi connectivity index (χ2v) is 3.81. The number of hydrogen-bond acceptors (Lipinski definition) is 3. The molecule has 0 amide bonds. The van der Waals surface area contributed by atoms with Crippen molar-refractivity contribution in [2.75, 3.05) is 14.2 Å². The summed E-state index contributed by atoms with van der Waals surface area (Å²) in [4.78, 5) is 10.4. The minimum absolute atomic E-state index is 0.445. The molecule has 0 spiro atoms. The van der Waals surface area contributed by atoms with Gasteiger partial charge in [0.15, 0.2) is 11.5 Å². The van der Waals surface area contributed by atoms with Crippen LogP contribution in [-0.2, 0) is 11.2 Å². The lowest BCUT2D eigenvalue weighted by Crippen LogP contribution is -2.00. The van der Waals surface area contributed by atoms with Gasteiger partial charge in [-0.25, -0.2) is 0 Å². The molecule has 3 nitrogen and oxygen atoms in total. The number of halogens is 1. The molecular formula is C12H15ClO3. The number of hydrogen-bond donors (Lipinski definition) is 0. The number of benzene rings is 1. The Morgan fingerprint density at radius 1 is 1.38 bits per heavy atom. The van der Waals surface area contributed by atoms with Crippen molar-refractivity contribution in [1.82, 2.24) is 0 Å². The fourth-order valence-corrected chi connectivity index (χ4v) is 1.84. The van der Waals surface area contributed by atoms with Gasteiger partial charge in [0.05, 0.1) is 14.2 Å². The van der Waals surface area contributed by atoms with Crippen molar-refractivity contribution in [3.8, 4) is 11.5 Å². The second kappa shape index (κ2) is 5.75. The van der Waals surface area contributed by atoms with E-state index >= 15 is 0 Å². The van der Waals surface area contributed by atoms with Crippen LogP contribution in [0.3, 0.4) is 0 Å². The van der Waals surface area contributed by atoms with E-state index in [9.17, 15) is 4.79 Å². The molecule has 0 atom stereocenters. The molecule has 0 heterocycles. The van der Waals surface area contributed by atoms with Crippen molar-refractivity contribution < 1.29 is 14.3 Å². The molecule has 0 aromatic heterocycles. The number of aldehydes is 1. The highest BCUT2D eigenvalue weighted by Crippen LogP contribution is 2.38. The van der Waals surface area contributed by atoms with Gasteiger partial charge >= 0.3 is 0 Å². The van der Waals surface area contributed by atoms with E-state index < -0.39 is 0 Å². The molecule has 0 bridgehead atoms. The van der Waals surface area contributed by atoms with Gasteiger partial charge in [0.2, 0.25) is 0 Å². The smallest absolute Gasteiger partial charge is 0.164 e. The Balaban J connectivity index is 3.28. The van der Waals surface area contributed by atoms with Crippen LogP contribution < -0.4 is 9.47 Å². The summed E-state index contributed by atoms with van der Waals surface area (Å²) >= 11 is 6.08. The average Bonchev–Trinajstić information content (AvgIpc) is 2.30. The first-order valence-corrected chi connectivity index (χ1v) is 5.37. The van der Waals surface area contributed by atoms with Crippen LogP contribution in [0.15, 0.2) is 6.07 Å². The van der Waals surface area contributed by atoms with E-state index in [4.69, 9.17) is 21.1 Å². The Morgan fingerprint density at radius 3 is 2.56 bits per heavy atom. The molecule has 0 aliphatic heterocycles. The summed E-state index contributed by atoms with van der Waals surface area (Å²) in [6, 6.07) is 1.72. The number of carbonyl (C=O) groups excluding carboxylic acids is 1. The maximum Gasteiger partial charge on any atom is 0.164 e. The van der Waals surface area contributed by atoms with Gasteiger partial charge in [0.1, 0.15) is 6.29 Å². The standard InChI is InChI=1S/C12H15ClO3/c1-8-9(5-4-6-14)12(16-3)11(15-2)7-10(8)13/h6-7H,4-5H2,1-3H3. The van der Waals surface area contributed by atoms with Gasteiger partial charge in [-0.1, -0.05) is 11.6 Å². The van der Waals surface area contributed by atoms with Crippen LogP contribution >= 0.6 is 11.6 Å². The lowest BCUT2D eigenvalue weighted by molar-refractivity contribution is -0.107. The van der Waals surface area contributed by atoms with Crippen LogP contribution in [0.2, 0.25) is 5.02 Å². The van der Waals surface area contributed by atoms with Gasteiger partial charge in [-0.05, 0) is 18.9 Å². The van der Waals surface area contributed by atoms with Crippen molar-refractivity contribution in [3.05, 3.63) is 22.2 Å². The van der Waals surface area contributed by atoms with E-state index in [2.05, 4.69) is 0 Å². The lowest BCUT2D eigenvalue weighted by Gasteiger charge is -2.15. The molecule has 1 aromatic carbocycles. The molecule has 0 saturated heterocycles. The molecular weight excluding hydrogens is 228 g/mol. The number of methoxy groups -OCH3 is 2. The van der Waals surface area contributed by atoms with Crippen LogP contribution in [0.1, 0.15) is 17.5 Å². The molecule has 0 unspecified atom stereocenters. The molecule has 0 fully saturated rings. The van der Waals surface area contributed by atoms with E-state index in [1.165, 1.54) is 0 Å². The van der Waals surface area contributed by atoms with Gasteiger partial charge in [-0.15, -0.1) is 0 Å². The van der Waals surface area contributed by atoms with Crippen molar-refractivity contribution in [1.29, 1.82) is 0 Å². The van der Waals surface area contributed by atoms with Gasteiger partial charge < -0.3 is 14.3 Å². The number of rotatable bonds is 5. The second-order valence-electron chi connectivity index (χ2n) is 3.40. The maximum absolute atomic E-state index is 10.4. The fourth-order valence-electron chi connectivity index (χ4n) is 1.63. The van der Waals surface area contributed by atoms with Crippen LogP contribution in [0.5, 0.6) is 11.5 Å². The van der Waals surface area contributed by atoms with E-state index in [0.717, 1.165) is 17.4 Å². The highest BCUT2D eigenvalue weighted by Gasteiger charge is 2.15. The fraction of sp³-hybridized carbons (Fsp3) is 0.417. The van der Waals surface area contributed by atoms with Crippen LogP contribution in [0, 0.1) is 6.92 Å². The Morgan fingerprint density at radius 2 is 2.06 bits per heavy atom. The summed E-state index contributed by atoms with van der Waals surface area (Å²) in [5.41, 5.74) is 1.86. The predicted octanol–water partition coefficient (Wildman–Crippen LogP) is 2.80. The topological polar surface area (TPSA) is 35.5 Å². The molecule has 88 valence electrons. The van der Waals surface area contributed by atoms with Crippen LogP contribution in [0.4, 0.5) is 0 Å². The molecule has 16 heavy (non-hydrogen) atoms. The van der Waals surface area contributed by atoms with Crippen LogP contribution in [0.25, 0.3) is 0 Å². The van der Waals surface area contributed by atoms with Crippen molar-refractivity contribution >= 4 is 17.9 Å². The third-order valence-corrected chi connectivity index (χ3v) is 2.90. The van der Waals surface area contributed by atoms with Gasteiger partial charge in [0, 0.05) is 23.1 Å². The maximum atomic E-state index is 10.4. The van der Waals surface area contributed by atoms with E-state index in [1.807, 2.05) is 6.92 Å². The van der Waals surface area contributed by atoms with E-state index in [0.29, 0.717) is 29.4 Å². The molecule has 1 aromatic rings. The quantitative estimate of drug-likeness (QED) is 0.745. The highest BCUT2D eigenvalue weighted by atomic mass is 35.5. The predicted molar refractivity (Wildman–Crippen MR) is 63.7 cm³/mol. The normalized spacial score (nSPS) is 10.0. The zero-order valence-electron chi connectivity index (χ0n) is 9.67. The number of ether oxygens (including phenoxy) is 2. The lowest BCUT2D eigenvalue weighted by atomic mass is 10.0. The zero-order valence-corrected chi connectivity index (χ0v) is 10.4. The monoisotopic (exact) mass is 242 g/mol. The SMILES string of the molecule is COc1cc(Cl)c(C)c(CCC=O)c1OC.